The fourth-order valence-electron chi connectivity index (χ4n) is 2.30. The summed E-state index contributed by atoms with van der Waals surface area (Å²) < 4.78 is 35.4. The van der Waals surface area contributed by atoms with Crippen molar-refractivity contribution in [3.05, 3.63) is 29.8 Å². The molecule has 0 aliphatic carbocycles. The number of nitrogens with one attached hydrogen (secondary N) is 1. The lowest BCUT2D eigenvalue weighted by Crippen LogP contribution is -2.43. The molecule has 0 saturated carbocycles. The topological polar surface area (TPSA) is 98.8 Å². The molecule has 1 atom stereocenters. The summed E-state index contributed by atoms with van der Waals surface area (Å²) in [5, 5.41) is 2.56. The van der Waals surface area contributed by atoms with Crippen molar-refractivity contribution < 1.29 is 27.5 Å². The fraction of sp³-hybridized carbons (Fsp3) is 0.579. The van der Waals surface area contributed by atoms with Crippen molar-refractivity contribution in [1.82, 2.24) is 5.32 Å². The van der Waals surface area contributed by atoms with Crippen molar-refractivity contribution in [2.24, 2.45) is 0 Å². The van der Waals surface area contributed by atoms with Gasteiger partial charge in [0.25, 0.3) is 0 Å². The first-order chi connectivity index (χ1) is 12.4. The summed E-state index contributed by atoms with van der Waals surface area (Å²) in [5.74, 6) is -0.782. The standard InChI is InChI=1S/C19H29NO6S/c1-6-25-17(21)12-9-15(20-18(22)26-19(3,4)5)13-27(23,24)16-10-7-14(2)8-11-16/h7-8,10-11,15H,6,9,12-13H2,1-5H3,(H,20,22)/t15-/m1/s1. The van der Waals surface area contributed by atoms with E-state index in [-0.39, 0.29) is 30.1 Å². The Morgan fingerprint density at radius 3 is 2.26 bits per heavy atom. The van der Waals surface area contributed by atoms with E-state index in [0.717, 1.165) is 5.56 Å². The number of carbonyl (C=O) groups excluding carboxylic acids is 2. The molecule has 0 saturated heterocycles. The minimum absolute atomic E-state index is 0.00226. The summed E-state index contributed by atoms with van der Waals surface area (Å²) in [5.41, 5.74) is 0.227. The van der Waals surface area contributed by atoms with E-state index < -0.39 is 33.5 Å². The highest BCUT2D eigenvalue weighted by Crippen LogP contribution is 2.16. The van der Waals surface area contributed by atoms with Gasteiger partial charge in [0.05, 0.1) is 17.3 Å². The maximum absolute atomic E-state index is 12.7. The third-order valence-electron chi connectivity index (χ3n) is 3.52. The average molecular weight is 400 g/mol. The van der Waals surface area contributed by atoms with Crippen LogP contribution in [-0.2, 0) is 24.1 Å². The highest BCUT2D eigenvalue weighted by atomic mass is 32.2. The molecule has 8 heteroatoms. The number of sulfone groups is 1. The van der Waals surface area contributed by atoms with Gasteiger partial charge < -0.3 is 14.8 Å². The molecule has 1 rings (SSSR count). The molecule has 0 spiro atoms. The van der Waals surface area contributed by atoms with Gasteiger partial charge in [-0.05, 0) is 53.2 Å². The molecule has 0 aliphatic rings. The smallest absolute Gasteiger partial charge is 0.407 e. The van der Waals surface area contributed by atoms with Gasteiger partial charge in [0, 0.05) is 12.5 Å². The Morgan fingerprint density at radius 1 is 1.15 bits per heavy atom. The zero-order chi connectivity index (χ0) is 20.7. The number of alkyl carbamates (subject to hydrolysis) is 1. The van der Waals surface area contributed by atoms with Crippen LogP contribution in [0.3, 0.4) is 0 Å². The van der Waals surface area contributed by atoms with Gasteiger partial charge in [-0.3, -0.25) is 4.79 Å². The minimum Gasteiger partial charge on any atom is -0.466 e. The Kier molecular flexibility index (Phi) is 8.27. The monoisotopic (exact) mass is 399 g/mol. The van der Waals surface area contributed by atoms with Crippen LogP contribution in [0, 0.1) is 6.92 Å². The van der Waals surface area contributed by atoms with Gasteiger partial charge in [0.1, 0.15) is 5.60 Å². The van der Waals surface area contributed by atoms with Crippen LogP contribution in [0.15, 0.2) is 29.2 Å². The van der Waals surface area contributed by atoms with Gasteiger partial charge in [-0.15, -0.1) is 0 Å². The molecule has 1 aromatic carbocycles. The second-order valence-corrected chi connectivity index (χ2v) is 9.32. The quantitative estimate of drug-likeness (QED) is 0.675. The molecule has 0 fully saturated rings. The van der Waals surface area contributed by atoms with Crippen molar-refractivity contribution >= 4 is 21.9 Å². The van der Waals surface area contributed by atoms with E-state index in [1.807, 2.05) is 6.92 Å². The van der Waals surface area contributed by atoms with Gasteiger partial charge in [-0.1, -0.05) is 17.7 Å². The maximum atomic E-state index is 12.7. The molecular weight excluding hydrogens is 370 g/mol. The highest BCUT2D eigenvalue weighted by molar-refractivity contribution is 7.91. The Bertz CT molecular complexity index is 734. The summed E-state index contributed by atoms with van der Waals surface area (Å²) in [6.45, 7) is 8.93. The second-order valence-electron chi connectivity index (χ2n) is 7.28. The molecule has 0 aromatic heterocycles. The Balaban J connectivity index is 2.89. The summed E-state index contributed by atoms with van der Waals surface area (Å²) in [6.07, 6.45) is -0.601. The van der Waals surface area contributed by atoms with Crippen LogP contribution in [0.2, 0.25) is 0 Å². The van der Waals surface area contributed by atoms with Crippen LogP contribution in [0.5, 0.6) is 0 Å². The van der Waals surface area contributed by atoms with Crippen molar-refractivity contribution in [1.29, 1.82) is 0 Å². The van der Waals surface area contributed by atoms with E-state index in [9.17, 15) is 18.0 Å². The van der Waals surface area contributed by atoms with Crippen LogP contribution in [0.1, 0.15) is 46.1 Å². The number of carbonyl (C=O) groups is 2. The number of hydrogen-bond acceptors (Lipinski definition) is 6. The summed E-state index contributed by atoms with van der Waals surface area (Å²) >= 11 is 0. The van der Waals surface area contributed by atoms with Crippen molar-refractivity contribution in [2.75, 3.05) is 12.4 Å². The van der Waals surface area contributed by atoms with Gasteiger partial charge in [-0.2, -0.15) is 0 Å². The second kappa shape index (κ2) is 9.73. The lowest BCUT2D eigenvalue weighted by molar-refractivity contribution is -0.143. The van der Waals surface area contributed by atoms with E-state index in [4.69, 9.17) is 9.47 Å². The molecule has 1 aromatic rings. The molecule has 7 nitrogen and oxygen atoms in total. The molecule has 0 aliphatic heterocycles. The molecule has 0 unspecified atom stereocenters. The number of amides is 1. The lowest BCUT2D eigenvalue weighted by Gasteiger charge is -2.23. The van der Waals surface area contributed by atoms with Crippen LogP contribution < -0.4 is 5.32 Å². The Morgan fingerprint density at radius 2 is 1.74 bits per heavy atom. The summed E-state index contributed by atoms with van der Waals surface area (Å²) in [4.78, 5) is 23.8. The Hall–Kier alpha value is -2.09. The molecule has 152 valence electrons. The van der Waals surface area contributed by atoms with Gasteiger partial charge >= 0.3 is 12.1 Å². The number of hydrogen-bond donors (Lipinski definition) is 1. The number of benzene rings is 1. The zero-order valence-corrected chi connectivity index (χ0v) is 17.4. The van der Waals surface area contributed by atoms with Crippen LogP contribution >= 0.6 is 0 Å². The minimum atomic E-state index is -3.65. The van der Waals surface area contributed by atoms with Gasteiger partial charge in [0.2, 0.25) is 0 Å². The molecular formula is C19H29NO6S. The van der Waals surface area contributed by atoms with Crippen LogP contribution in [0.4, 0.5) is 4.79 Å². The first kappa shape index (κ1) is 23.0. The fourth-order valence-corrected chi connectivity index (χ4v) is 3.83. The summed E-state index contributed by atoms with van der Waals surface area (Å²) in [7, 11) is -3.65. The molecule has 0 bridgehead atoms. The summed E-state index contributed by atoms with van der Waals surface area (Å²) in [6, 6.07) is 5.69. The Labute approximate surface area is 161 Å². The molecule has 0 heterocycles. The van der Waals surface area contributed by atoms with E-state index in [1.54, 1.807) is 39.8 Å². The average Bonchev–Trinajstić information content (AvgIpc) is 2.51. The van der Waals surface area contributed by atoms with Crippen LogP contribution in [-0.4, -0.2) is 44.5 Å². The van der Waals surface area contributed by atoms with Crippen molar-refractivity contribution in [3.63, 3.8) is 0 Å². The third kappa shape index (κ3) is 8.90. The molecule has 27 heavy (non-hydrogen) atoms. The number of rotatable bonds is 8. The third-order valence-corrected chi connectivity index (χ3v) is 5.36. The predicted octanol–water partition coefficient (Wildman–Crippen LogP) is 3.01. The first-order valence-electron chi connectivity index (χ1n) is 8.87. The number of esters is 1. The molecule has 1 N–H and O–H groups in total. The van der Waals surface area contributed by atoms with Gasteiger partial charge in [0.15, 0.2) is 9.84 Å². The SMILES string of the molecule is CCOC(=O)CC[C@H](CS(=O)(=O)c1ccc(C)cc1)NC(=O)OC(C)(C)C. The van der Waals surface area contributed by atoms with E-state index in [1.165, 1.54) is 12.1 Å². The number of aryl methyl sites for hydroxylation is 1. The van der Waals surface area contributed by atoms with Crippen LogP contribution in [0.25, 0.3) is 0 Å². The van der Waals surface area contributed by atoms with E-state index in [0.29, 0.717) is 0 Å². The molecule has 0 radical (unpaired) electrons. The maximum Gasteiger partial charge on any atom is 0.407 e. The zero-order valence-electron chi connectivity index (χ0n) is 16.6. The first-order valence-corrected chi connectivity index (χ1v) is 10.5. The predicted molar refractivity (Wildman–Crippen MR) is 102 cm³/mol. The van der Waals surface area contributed by atoms with E-state index in [2.05, 4.69) is 5.32 Å². The van der Waals surface area contributed by atoms with Crippen molar-refractivity contribution in [3.8, 4) is 0 Å². The normalized spacial score (nSPS) is 12.9. The number of ether oxygens (including phenoxy) is 2. The lowest BCUT2D eigenvalue weighted by atomic mass is 10.2. The highest BCUT2D eigenvalue weighted by Gasteiger charge is 2.26. The van der Waals surface area contributed by atoms with Gasteiger partial charge in [-0.25, -0.2) is 13.2 Å². The largest absolute Gasteiger partial charge is 0.466 e. The van der Waals surface area contributed by atoms with Crippen molar-refractivity contribution in [2.45, 2.75) is 64.0 Å². The van der Waals surface area contributed by atoms with E-state index >= 15 is 0 Å². The molecule has 1 amide bonds.